The molecule has 1 fully saturated rings. The van der Waals surface area contributed by atoms with Crippen LogP contribution in [0.5, 0.6) is 0 Å². The molecule has 1 heterocycles. The number of carbonyl (C=O) groups is 1. The minimum Gasteiger partial charge on any atom is -0.465 e. The topological polar surface area (TPSA) is 49.5 Å². The Morgan fingerprint density at radius 1 is 1.53 bits per heavy atom. The van der Waals surface area contributed by atoms with Gasteiger partial charge >= 0.3 is 6.09 Å². The first kappa shape index (κ1) is 12.5. The van der Waals surface area contributed by atoms with Crippen molar-refractivity contribution in [1.82, 2.24) is 4.90 Å². The van der Waals surface area contributed by atoms with Crippen LogP contribution in [0, 0.1) is 0 Å². The lowest BCUT2D eigenvalue weighted by Gasteiger charge is -2.36. The van der Waals surface area contributed by atoms with E-state index in [1.54, 1.807) is 0 Å². The fourth-order valence-electron chi connectivity index (χ4n) is 1.08. The summed E-state index contributed by atoms with van der Waals surface area (Å²) in [6, 6.07) is 0.0941. The molecular weight excluding hydrogens is 210 g/mol. The maximum Gasteiger partial charge on any atom is 0.407 e. The Labute approximate surface area is 92.4 Å². The molecule has 0 spiro atoms. The van der Waals surface area contributed by atoms with Gasteiger partial charge in [0.05, 0.1) is 12.6 Å². The van der Waals surface area contributed by atoms with E-state index in [1.165, 1.54) is 4.90 Å². The lowest BCUT2D eigenvalue weighted by molar-refractivity contribution is 0.171. The number of nitrogens with zero attached hydrogens (tertiary/aromatic N) is 1. The van der Waals surface area contributed by atoms with E-state index in [9.17, 15) is 4.79 Å². The molecule has 5 heteroatoms. The predicted octanol–water partition coefficient (Wildman–Crippen LogP) is 2.37. The molecule has 1 amide bonds. The SMILES string of the molecule is CC(C)(C)[Si](C)(C)OC[C@@H]1CN1C(=O)O. The normalized spacial score (nSPS) is 21.7. The molecule has 0 bridgehead atoms. The minimum absolute atomic E-state index is 0.0941. The van der Waals surface area contributed by atoms with Crippen LogP contribution in [0.25, 0.3) is 0 Å². The van der Waals surface area contributed by atoms with Gasteiger partial charge in [-0.15, -0.1) is 0 Å². The highest BCUT2D eigenvalue weighted by molar-refractivity contribution is 6.74. The first-order chi connectivity index (χ1) is 6.65. The summed E-state index contributed by atoms with van der Waals surface area (Å²) in [6.07, 6.45) is -0.834. The van der Waals surface area contributed by atoms with Gasteiger partial charge in [0.25, 0.3) is 0 Å². The molecule has 15 heavy (non-hydrogen) atoms. The second-order valence-electron chi connectivity index (χ2n) is 5.66. The molecule has 1 N–H and O–H groups in total. The lowest BCUT2D eigenvalue weighted by Crippen LogP contribution is -2.42. The van der Waals surface area contributed by atoms with Crippen molar-refractivity contribution in [2.45, 2.75) is 44.9 Å². The molecule has 0 unspecified atom stereocenters. The summed E-state index contributed by atoms with van der Waals surface area (Å²) < 4.78 is 5.93. The Kier molecular flexibility index (Phi) is 3.16. The monoisotopic (exact) mass is 231 g/mol. The predicted molar refractivity (Wildman–Crippen MR) is 61.7 cm³/mol. The van der Waals surface area contributed by atoms with Gasteiger partial charge in [0, 0.05) is 6.54 Å². The summed E-state index contributed by atoms with van der Waals surface area (Å²) in [5, 5.41) is 8.89. The fourth-order valence-corrected chi connectivity index (χ4v) is 2.12. The third kappa shape index (κ3) is 2.95. The van der Waals surface area contributed by atoms with Crippen molar-refractivity contribution in [2.24, 2.45) is 0 Å². The summed E-state index contributed by atoms with van der Waals surface area (Å²) in [6.45, 7) is 12.1. The molecule has 1 aliphatic heterocycles. The largest absolute Gasteiger partial charge is 0.465 e. The summed E-state index contributed by atoms with van der Waals surface area (Å²) in [4.78, 5) is 12.0. The summed E-state index contributed by atoms with van der Waals surface area (Å²) in [5.41, 5.74) is 0. The minimum atomic E-state index is -1.71. The van der Waals surface area contributed by atoms with Gasteiger partial charge in [-0.1, -0.05) is 20.8 Å². The maximum atomic E-state index is 10.6. The van der Waals surface area contributed by atoms with Crippen molar-refractivity contribution in [3.8, 4) is 0 Å². The molecule has 0 aromatic carbocycles. The van der Waals surface area contributed by atoms with Crippen molar-refractivity contribution in [1.29, 1.82) is 0 Å². The number of hydrogen-bond donors (Lipinski definition) is 1. The van der Waals surface area contributed by atoms with Gasteiger partial charge in [-0.05, 0) is 18.1 Å². The summed E-state index contributed by atoms with van der Waals surface area (Å²) in [7, 11) is -1.71. The summed E-state index contributed by atoms with van der Waals surface area (Å²) in [5.74, 6) is 0. The van der Waals surface area contributed by atoms with Crippen LogP contribution in [0.15, 0.2) is 0 Å². The van der Waals surface area contributed by atoms with Crippen molar-refractivity contribution in [3.05, 3.63) is 0 Å². The lowest BCUT2D eigenvalue weighted by atomic mass is 10.2. The Hall–Kier alpha value is -0.553. The zero-order valence-electron chi connectivity index (χ0n) is 10.2. The van der Waals surface area contributed by atoms with Crippen molar-refractivity contribution < 1.29 is 14.3 Å². The molecule has 0 aliphatic carbocycles. The summed E-state index contributed by atoms with van der Waals surface area (Å²) >= 11 is 0. The fraction of sp³-hybridized carbons (Fsp3) is 0.900. The average Bonchev–Trinajstić information content (AvgIpc) is 2.77. The molecule has 1 rings (SSSR count). The smallest absolute Gasteiger partial charge is 0.407 e. The average molecular weight is 231 g/mol. The van der Waals surface area contributed by atoms with Gasteiger partial charge in [0.2, 0.25) is 0 Å². The quantitative estimate of drug-likeness (QED) is 0.599. The second-order valence-corrected chi connectivity index (χ2v) is 10.5. The van der Waals surface area contributed by atoms with Crippen LogP contribution in [0.1, 0.15) is 20.8 Å². The molecule has 0 radical (unpaired) electrons. The first-order valence-electron chi connectivity index (χ1n) is 5.29. The van der Waals surface area contributed by atoms with E-state index in [0.29, 0.717) is 13.2 Å². The zero-order chi connectivity index (χ0) is 11.9. The van der Waals surface area contributed by atoms with Gasteiger partial charge in [-0.3, -0.25) is 4.90 Å². The van der Waals surface area contributed by atoms with Crippen LogP contribution in [-0.2, 0) is 4.43 Å². The van der Waals surface area contributed by atoms with E-state index in [4.69, 9.17) is 9.53 Å². The second kappa shape index (κ2) is 3.79. The first-order valence-corrected chi connectivity index (χ1v) is 8.19. The Bertz CT molecular complexity index is 260. The van der Waals surface area contributed by atoms with Gasteiger partial charge in [0.1, 0.15) is 0 Å². The van der Waals surface area contributed by atoms with E-state index >= 15 is 0 Å². The molecule has 4 nitrogen and oxygen atoms in total. The molecular formula is C10H21NO3Si. The molecule has 0 saturated carbocycles. The standard InChI is InChI=1S/C10H21NO3Si/c1-10(2,3)15(4,5)14-7-8-6-11(8)9(12)13/h8H,6-7H2,1-5H3,(H,12,13)/t8-,11?/m0/s1. The zero-order valence-corrected chi connectivity index (χ0v) is 11.2. The van der Waals surface area contributed by atoms with Gasteiger partial charge in [0.15, 0.2) is 8.32 Å². The third-order valence-corrected chi connectivity index (χ3v) is 7.90. The Morgan fingerprint density at radius 3 is 2.40 bits per heavy atom. The number of hydrogen-bond acceptors (Lipinski definition) is 2. The third-order valence-electron chi connectivity index (χ3n) is 3.40. The van der Waals surface area contributed by atoms with Crippen LogP contribution in [0.4, 0.5) is 4.79 Å². The van der Waals surface area contributed by atoms with E-state index in [1.807, 2.05) is 0 Å². The van der Waals surface area contributed by atoms with Crippen molar-refractivity contribution in [2.75, 3.05) is 13.2 Å². The van der Waals surface area contributed by atoms with Crippen LogP contribution in [-0.4, -0.2) is 43.6 Å². The van der Waals surface area contributed by atoms with E-state index in [2.05, 4.69) is 33.9 Å². The van der Waals surface area contributed by atoms with Crippen LogP contribution in [0.2, 0.25) is 18.1 Å². The highest BCUT2D eigenvalue weighted by Gasteiger charge is 2.43. The number of carboxylic acid groups (broad SMARTS) is 1. The van der Waals surface area contributed by atoms with Crippen LogP contribution >= 0.6 is 0 Å². The van der Waals surface area contributed by atoms with Crippen LogP contribution in [0.3, 0.4) is 0 Å². The highest BCUT2D eigenvalue weighted by Crippen LogP contribution is 2.37. The van der Waals surface area contributed by atoms with E-state index in [0.717, 1.165) is 0 Å². The van der Waals surface area contributed by atoms with Crippen molar-refractivity contribution >= 4 is 14.4 Å². The van der Waals surface area contributed by atoms with Gasteiger partial charge in [-0.25, -0.2) is 4.79 Å². The van der Waals surface area contributed by atoms with E-state index in [-0.39, 0.29) is 11.1 Å². The van der Waals surface area contributed by atoms with Crippen molar-refractivity contribution in [3.63, 3.8) is 0 Å². The molecule has 0 aromatic rings. The number of amides is 1. The molecule has 0 aromatic heterocycles. The Balaban J connectivity index is 2.36. The van der Waals surface area contributed by atoms with Gasteiger partial charge < -0.3 is 9.53 Å². The Morgan fingerprint density at radius 2 is 2.07 bits per heavy atom. The number of rotatable bonds is 3. The van der Waals surface area contributed by atoms with E-state index < -0.39 is 14.4 Å². The molecule has 1 saturated heterocycles. The maximum absolute atomic E-state index is 10.6. The highest BCUT2D eigenvalue weighted by atomic mass is 28.4. The van der Waals surface area contributed by atoms with Gasteiger partial charge in [-0.2, -0.15) is 0 Å². The van der Waals surface area contributed by atoms with Crippen LogP contribution < -0.4 is 0 Å². The molecule has 88 valence electrons. The molecule has 1 aliphatic rings. The molecule has 1 atom stereocenters.